The van der Waals surface area contributed by atoms with Gasteiger partial charge in [-0.1, -0.05) is 13.3 Å². The van der Waals surface area contributed by atoms with Crippen LogP contribution in [0, 0.1) is 6.92 Å². The molecule has 0 atom stereocenters. The summed E-state index contributed by atoms with van der Waals surface area (Å²) in [7, 11) is 0. The van der Waals surface area contributed by atoms with E-state index in [-0.39, 0.29) is 5.78 Å². The van der Waals surface area contributed by atoms with E-state index in [9.17, 15) is 4.79 Å². The highest BCUT2D eigenvalue weighted by Crippen LogP contribution is 2.10. The second-order valence-electron chi connectivity index (χ2n) is 4.41. The van der Waals surface area contributed by atoms with Crippen molar-refractivity contribution >= 4 is 5.78 Å². The molecule has 1 aromatic heterocycles. The quantitative estimate of drug-likeness (QED) is 0.735. The number of hydrogen-bond acceptors (Lipinski definition) is 2. The Labute approximate surface area is 98.1 Å². The molecule has 0 aliphatic rings. The predicted octanol–water partition coefficient (Wildman–Crippen LogP) is 3.25. The number of pyridine rings is 1. The molecule has 1 rings (SSSR count). The maximum Gasteiger partial charge on any atom is 0.129 e. The molecule has 88 valence electrons. The molecule has 2 nitrogen and oxygen atoms in total. The first-order valence-corrected chi connectivity index (χ1v) is 6.07. The molecule has 0 saturated heterocycles. The van der Waals surface area contributed by atoms with Crippen LogP contribution in [0.2, 0.25) is 0 Å². The average molecular weight is 219 g/mol. The molecular formula is C14H21NO. The van der Waals surface area contributed by atoms with E-state index in [1.165, 1.54) is 5.56 Å². The van der Waals surface area contributed by atoms with Crippen LogP contribution in [0.1, 0.15) is 50.1 Å². The molecule has 0 N–H and O–H groups in total. The van der Waals surface area contributed by atoms with Gasteiger partial charge in [0.15, 0.2) is 0 Å². The minimum Gasteiger partial charge on any atom is -0.300 e. The number of carbonyl (C=O) groups excluding carboxylic acids is 1. The summed E-state index contributed by atoms with van der Waals surface area (Å²) in [6, 6.07) is 4.33. The average Bonchev–Trinajstić information content (AvgIpc) is 2.16. The second kappa shape index (κ2) is 6.41. The zero-order valence-corrected chi connectivity index (χ0v) is 10.5. The van der Waals surface area contributed by atoms with E-state index in [1.54, 1.807) is 6.92 Å². The number of ketones is 1. The van der Waals surface area contributed by atoms with Crippen molar-refractivity contribution in [2.45, 2.75) is 52.9 Å². The van der Waals surface area contributed by atoms with Crippen LogP contribution in [0.5, 0.6) is 0 Å². The molecule has 0 unspecified atom stereocenters. The summed E-state index contributed by atoms with van der Waals surface area (Å²) < 4.78 is 0. The van der Waals surface area contributed by atoms with Gasteiger partial charge in [0.2, 0.25) is 0 Å². The highest BCUT2D eigenvalue weighted by atomic mass is 16.1. The molecule has 0 radical (unpaired) electrons. The molecule has 0 saturated carbocycles. The minimum atomic E-state index is 0.265. The van der Waals surface area contributed by atoms with Gasteiger partial charge in [-0.25, -0.2) is 0 Å². The number of nitrogens with zero attached hydrogens (tertiary/aromatic N) is 1. The van der Waals surface area contributed by atoms with Gasteiger partial charge in [-0.3, -0.25) is 4.98 Å². The van der Waals surface area contributed by atoms with Crippen LogP contribution in [-0.4, -0.2) is 10.8 Å². The number of Topliss-reactive ketones (excluding diaryl/α,β-unsaturated/α-hetero) is 1. The van der Waals surface area contributed by atoms with Crippen LogP contribution in [-0.2, 0) is 17.6 Å². The number of hydrogen-bond donors (Lipinski definition) is 0. The highest BCUT2D eigenvalue weighted by Gasteiger charge is 2.01. The summed E-state index contributed by atoms with van der Waals surface area (Å²) in [5.41, 5.74) is 3.58. The normalized spacial score (nSPS) is 10.4. The van der Waals surface area contributed by atoms with Gasteiger partial charge < -0.3 is 4.79 Å². The number of aromatic nitrogens is 1. The van der Waals surface area contributed by atoms with Crippen LogP contribution >= 0.6 is 0 Å². The summed E-state index contributed by atoms with van der Waals surface area (Å²) in [6.07, 6.45) is 4.77. The number of carbonyl (C=O) groups is 1. The molecule has 16 heavy (non-hydrogen) atoms. The summed E-state index contributed by atoms with van der Waals surface area (Å²) in [6.45, 7) is 5.87. The first-order valence-electron chi connectivity index (χ1n) is 6.07. The van der Waals surface area contributed by atoms with Crippen LogP contribution in [0.4, 0.5) is 0 Å². The number of rotatable bonds is 6. The van der Waals surface area contributed by atoms with E-state index in [0.717, 1.165) is 37.1 Å². The smallest absolute Gasteiger partial charge is 0.129 e. The fourth-order valence-corrected chi connectivity index (χ4v) is 1.89. The Morgan fingerprint density at radius 3 is 2.69 bits per heavy atom. The van der Waals surface area contributed by atoms with Crippen LogP contribution < -0.4 is 0 Å². The van der Waals surface area contributed by atoms with Gasteiger partial charge in [0, 0.05) is 17.8 Å². The van der Waals surface area contributed by atoms with Crippen LogP contribution in [0.3, 0.4) is 0 Å². The molecule has 0 aliphatic carbocycles. The SMILES string of the molecule is CCCc1cc(C)nc(CCCC(C)=O)c1. The Bertz CT molecular complexity index is 358. The third-order valence-electron chi connectivity index (χ3n) is 2.57. The lowest BCUT2D eigenvalue weighted by Gasteiger charge is -2.05. The van der Waals surface area contributed by atoms with Gasteiger partial charge in [0.1, 0.15) is 5.78 Å². The number of aryl methyl sites for hydroxylation is 3. The monoisotopic (exact) mass is 219 g/mol. The van der Waals surface area contributed by atoms with Gasteiger partial charge in [0.05, 0.1) is 0 Å². The first kappa shape index (κ1) is 12.9. The Morgan fingerprint density at radius 2 is 2.06 bits per heavy atom. The zero-order chi connectivity index (χ0) is 12.0. The predicted molar refractivity (Wildman–Crippen MR) is 66.6 cm³/mol. The summed E-state index contributed by atoms with van der Waals surface area (Å²) in [4.78, 5) is 15.4. The molecule has 0 aromatic carbocycles. The maximum atomic E-state index is 10.8. The van der Waals surface area contributed by atoms with Gasteiger partial charge in [-0.05, 0) is 50.8 Å². The lowest BCUT2D eigenvalue weighted by atomic mass is 10.1. The fraction of sp³-hybridized carbons (Fsp3) is 0.571. The first-order chi connectivity index (χ1) is 7.61. The third kappa shape index (κ3) is 4.56. The topological polar surface area (TPSA) is 30.0 Å². The minimum absolute atomic E-state index is 0.265. The van der Waals surface area contributed by atoms with Gasteiger partial charge in [-0.2, -0.15) is 0 Å². The van der Waals surface area contributed by atoms with E-state index in [4.69, 9.17) is 0 Å². The molecule has 0 spiro atoms. The maximum absolute atomic E-state index is 10.8. The van der Waals surface area contributed by atoms with Gasteiger partial charge in [0.25, 0.3) is 0 Å². The van der Waals surface area contributed by atoms with Crippen molar-refractivity contribution < 1.29 is 4.79 Å². The standard InChI is InChI=1S/C14H21NO/c1-4-6-13-9-11(2)15-14(10-13)8-5-7-12(3)16/h9-10H,4-8H2,1-3H3. The molecule has 0 amide bonds. The van der Waals surface area contributed by atoms with Crippen LogP contribution in [0.25, 0.3) is 0 Å². The van der Waals surface area contributed by atoms with E-state index < -0.39 is 0 Å². The van der Waals surface area contributed by atoms with Gasteiger partial charge >= 0.3 is 0 Å². The summed E-state index contributed by atoms with van der Waals surface area (Å²) >= 11 is 0. The van der Waals surface area contributed by atoms with Gasteiger partial charge in [-0.15, -0.1) is 0 Å². The molecule has 1 heterocycles. The summed E-state index contributed by atoms with van der Waals surface area (Å²) in [5.74, 6) is 0.265. The van der Waals surface area contributed by atoms with Crippen molar-refractivity contribution in [3.8, 4) is 0 Å². The Balaban J connectivity index is 2.61. The largest absolute Gasteiger partial charge is 0.300 e. The zero-order valence-electron chi connectivity index (χ0n) is 10.5. The van der Waals surface area contributed by atoms with Crippen molar-refractivity contribution in [3.05, 3.63) is 29.1 Å². The second-order valence-corrected chi connectivity index (χ2v) is 4.41. The van der Waals surface area contributed by atoms with Crippen molar-refractivity contribution in [1.82, 2.24) is 4.98 Å². The third-order valence-corrected chi connectivity index (χ3v) is 2.57. The van der Waals surface area contributed by atoms with Crippen molar-refractivity contribution in [2.24, 2.45) is 0 Å². The summed E-state index contributed by atoms with van der Waals surface area (Å²) in [5, 5.41) is 0. The van der Waals surface area contributed by atoms with Crippen molar-refractivity contribution in [3.63, 3.8) is 0 Å². The highest BCUT2D eigenvalue weighted by molar-refractivity contribution is 5.75. The fourth-order valence-electron chi connectivity index (χ4n) is 1.89. The Kier molecular flexibility index (Phi) is 5.17. The van der Waals surface area contributed by atoms with E-state index in [0.29, 0.717) is 6.42 Å². The van der Waals surface area contributed by atoms with Crippen molar-refractivity contribution in [1.29, 1.82) is 0 Å². The lowest BCUT2D eigenvalue weighted by molar-refractivity contribution is -0.117. The Morgan fingerprint density at radius 1 is 1.31 bits per heavy atom. The molecule has 0 aliphatic heterocycles. The molecule has 1 aromatic rings. The van der Waals surface area contributed by atoms with E-state index in [1.807, 2.05) is 6.92 Å². The molecule has 0 bridgehead atoms. The van der Waals surface area contributed by atoms with E-state index >= 15 is 0 Å². The molecular weight excluding hydrogens is 198 g/mol. The Hall–Kier alpha value is -1.18. The molecule has 2 heteroatoms. The lowest BCUT2D eigenvalue weighted by Crippen LogP contribution is -1.98. The molecule has 0 fully saturated rings. The van der Waals surface area contributed by atoms with Crippen LogP contribution in [0.15, 0.2) is 12.1 Å². The van der Waals surface area contributed by atoms with E-state index in [2.05, 4.69) is 24.0 Å². The van der Waals surface area contributed by atoms with Crippen molar-refractivity contribution in [2.75, 3.05) is 0 Å².